The third-order valence-corrected chi connectivity index (χ3v) is 2.68. The predicted octanol–water partition coefficient (Wildman–Crippen LogP) is -0.513. The smallest absolute Gasteiger partial charge is 0.323 e. The summed E-state index contributed by atoms with van der Waals surface area (Å²) < 4.78 is 0. The molecule has 0 fully saturated rings. The van der Waals surface area contributed by atoms with Crippen LogP contribution in [0.15, 0.2) is 12.7 Å². The maximum atomic E-state index is 11.6. The number of aliphatic carboxylic acids is 1. The van der Waals surface area contributed by atoms with Gasteiger partial charge in [0.1, 0.15) is 13.1 Å². The fraction of sp³-hybridized carbons (Fsp3) is 0.500. The van der Waals surface area contributed by atoms with E-state index in [9.17, 15) is 14.4 Å². The SMILES string of the molecule is C=CCSCCNC(=O)N(CC(N)=O)CC(=O)O. The molecule has 0 aliphatic rings. The molecule has 0 rings (SSSR count). The molecule has 0 aromatic rings. The van der Waals surface area contributed by atoms with Gasteiger partial charge in [-0.1, -0.05) is 6.08 Å². The van der Waals surface area contributed by atoms with E-state index in [1.54, 1.807) is 17.8 Å². The standard InChI is InChI=1S/C10H17N3O4S/c1-2-4-18-5-3-12-10(17)13(6-8(11)14)7-9(15)16/h2H,1,3-7H2,(H2,11,14)(H,12,17)(H,15,16). The van der Waals surface area contributed by atoms with Gasteiger partial charge < -0.3 is 21.1 Å². The zero-order valence-electron chi connectivity index (χ0n) is 9.92. The summed E-state index contributed by atoms with van der Waals surface area (Å²) in [5.41, 5.74) is 4.93. The van der Waals surface area contributed by atoms with E-state index in [0.717, 1.165) is 10.7 Å². The number of primary amides is 1. The van der Waals surface area contributed by atoms with Crippen molar-refractivity contribution < 1.29 is 19.5 Å². The van der Waals surface area contributed by atoms with Crippen LogP contribution in [-0.2, 0) is 9.59 Å². The van der Waals surface area contributed by atoms with E-state index in [0.29, 0.717) is 12.3 Å². The number of nitrogens with one attached hydrogen (secondary N) is 1. The van der Waals surface area contributed by atoms with Crippen LogP contribution >= 0.6 is 11.8 Å². The fourth-order valence-electron chi connectivity index (χ4n) is 1.06. The Morgan fingerprint density at radius 2 is 2.06 bits per heavy atom. The first kappa shape index (κ1) is 16.3. The van der Waals surface area contributed by atoms with Gasteiger partial charge in [0.2, 0.25) is 5.91 Å². The second-order valence-corrected chi connectivity index (χ2v) is 4.46. The summed E-state index contributed by atoms with van der Waals surface area (Å²) in [4.78, 5) is 33.6. The first-order valence-electron chi connectivity index (χ1n) is 5.19. The van der Waals surface area contributed by atoms with E-state index in [4.69, 9.17) is 10.8 Å². The third-order valence-electron chi connectivity index (χ3n) is 1.72. The number of carbonyl (C=O) groups excluding carboxylic acids is 2. The number of hydrogen-bond acceptors (Lipinski definition) is 4. The molecule has 0 unspecified atom stereocenters. The molecule has 102 valence electrons. The van der Waals surface area contributed by atoms with Gasteiger partial charge in [0.05, 0.1) is 0 Å². The number of thioether (sulfide) groups is 1. The Labute approximate surface area is 109 Å². The van der Waals surface area contributed by atoms with Gasteiger partial charge in [0, 0.05) is 18.1 Å². The third kappa shape index (κ3) is 8.45. The molecule has 0 bridgehead atoms. The maximum absolute atomic E-state index is 11.6. The molecule has 8 heteroatoms. The number of hydrogen-bond donors (Lipinski definition) is 3. The number of nitrogens with two attached hydrogens (primary N) is 1. The molecule has 0 atom stereocenters. The molecule has 0 aliphatic carbocycles. The number of carboxylic acid groups (broad SMARTS) is 1. The molecule has 0 heterocycles. The molecule has 0 aromatic carbocycles. The maximum Gasteiger partial charge on any atom is 0.323 e. The van der Waals surface area contributed by atoms with Crippen molar-refractivity contribution >= 4 is 29.7 Å². The molecule has 0 saturated heterocycles. The molecule has 3 amide bonds. The minimum atomic E-state index is -1.20. The summed E-state index contributed by atoms with van der Waals surface area (Å²) in [7, 11) is 0. The van der Waals surface area contributed by atoms with Gasteiger partial charge in [-0.25, -0.2) is 4.79 Å². The van der Waals surface area contributed by atoms with Gasteiger partial charge in [0.25, 0.3) is 0 Å². The van der Waals surface area contributed by atoms with Gasteiger partial charge in [-0.15, -0.1) is 6.58 Å². The van der Waals surface area contributed by atoms with Crippen LogP contribution < -0.4 is 11.1 Å². The summed E-state index contributed by atoms with van der Waals surface area (Å²) in [6, 6.07) is -0.615. The van der Waals surface area contributed by atoms with Crippen LogP contribution in [0, 0.1) is 0 Å². The molecule has 0 aliphatic heterocycles. The van der Waals surface area contributed by atoms with Crippen molar-refractivity contribution in [3.63, 3.8) is 0 Å². The van der Waals surface area contributed by atoms with Crippen LogP contribution in [0.25, 0.3) is 0 Å². The first-order chi connectivity index (χ1) is 8.47. The molecule has 0 saturated carbocycles. The molecular weight excluding hydrogens is 258 g/mol. The number of urea groups is 1. The van der Waals surface area contributed by atoms with Gasteiger partial charge in [-0.3, -0.25) is 9.59 Å². The van der Waals surface area contributed by atoms with E-state index in [2.05, 4.69) is 11.9 Å². The largest absolute Gasteiger partial charge is 0.480 e. The van der Waals surface area contributed by atoms with Gasteiger partial charge in [0.15, 0.2) is 0 Å². The highest BCUT2D eigenvalue weighted by Gasteiger charge is 2.17. The van der Waals surface area contributed by atoms with Crippen molar-refractivity contribution in [2.45, 2.75) is 0 Å². The Morgan fingerprint density at radius 1 is 1.39 bits per heavy atom. The molecule has 0 aromatic heterocycles. The van der Waals surface area contributed by atoms with E-state index in [1.807, 2.05) is 0 Å². The second kappa shape index (κ2) is 9.34. The van der Waals surface area contributed by atoms with Crippen molar-refractivity contribution in [3.8, 4) is 0 Å². The molecule has 4 N–H and O–H groups in total. The monoisotopic (exact) mass is 275 g/mol. The van der Waals surface area contributed by atoms with Crippen LogP contribution in [0.4, 0.5) is 4.79 Å². The molecular formula is C10H17N3O4S. The summed E-state index contributed by atoms with van der Waals surface area (Å²) in [6.45, 7) is 2.96. The van der Waals surface area contributed by atoms with Crippen molar-refractivity contribution in [2.75, 3.05) is 31.1 Å². The highest BCUT2D eigenvalue weighted by atomic mass is 32.2. The lowest BCUT2D eigenvalue weighted by Crippen LogP contribution is -2.47. The highest BCUT2D eigenvalue weighted by Crippen LogP contribution is 1.97. The van der Waals surface area contributed by atoms with Crippen LogP contribution in [0.5, 0.6) is 0 Å². The van der Waals surface area contributed by atoms with E-state index in [1.165, 1.54) is 0 Å². The van der Waals surface area contributed by atoms with Crippen molar-refractivity contribution in [1.82, 2.24) is 10.2 Å². The molecule has 7 nitrogen and oxygen atoms in total. The van der Waals surface area contributed by atoms with Crippen molar-refractivity contribution in [2.24, 2.45) is 5.73 Å². The Balaban J connectivity index is 4.08. The van der Waals surface area contributed by atoms with Gasteiger partial charge in [-0.05, 0) is 0 Å². The number of carboxylic acids is 1. The second-order valence-electron chi connectivity index (χ2n) is 3.31. The number of rotatable bonds is 9. The van der Waals surface area contributed by atoms with Crippen molar-refractivity contribution in [1.29, 1.82) is 0 Å². The van der Waals surface area contributed by atoms with Crippen LogP contribution in [-0.4, -0.2) is 59.1 Å². The topological polar surface area (TPSA) is 113 Å². The zero-order valence-corrected chi connectivity index (χ0v) is 10.7. The lowest BCUT2D eigenvalue weighted by atomic mass is 10.4. The number of nitrogens with zero attached hydrogens (tertiary/aromatic N) is 1. The van der Waals surface area contributed by atoms with Gasteiger partial charge in [-0.2, -0.15) is 11.8 Å². The quantitative estimate of drug-likeness (QED) is 0.387. The lowest BCUT2D eigenvalue weighted by molar-refractivity contribution is -0.137. The Kier molecular flexibility index (Phi) is 8.46. The summed E-state index contributed by atoms with van der Waals surface area (Å²) in [5.74, 6) is -0.509. The van der Waals surface area contributed by atoms with E-state index >= 15 is 0 Å². The number of amides is 3. The summed E-state index contributed by atoms with van der Waals surface area (Å²) in [6.07, 6.45) is 1.75. The molecule has 0 spiro atoms. The number of carbonyl (C=O) groups is 3. The van der Waals surface area contributed by atoms with Crippen LogP contribution in [0.3, 0.4) is 0 Å². The fourth-order valence-corrected chi connectivity index (χ4v) is 1.64. The zero-order chi connectivity index (χ0) is 14.0. The Bertz CT molecular complexity index is 306. The highest BCUT2D eigenvalue weighted by molar-refractivity contribution is 7.99. The Morgan fingerprint density at radius 3 is 2.56 bits per heavy atom. The van der Waals surface area contributed by atoms with Crippen molar-refractivity contribution in [3.05, 3.63) is 12.7 Å². The first-order valence-corrected chi connectivity index (χ1v) is 6.34. The van der Waals surface area contributed by atoms with E-state index in [-0.39, 0.29) is 0 Å². The van der Waals surface area contributed by atoms with E-state index < -0.39 is 31.0 Å². The van der Waals surface area contributed by atoms with Crippen LogP contribution in [0.2, 0.25) is 0 Å². The molecule has 18 heavy (non-hydrogen) atoms. The average Bonchev–Trinajstić information content (AvgIpc) is 2.26. The average molecular weight is 275 g/mol. The summed E-state index contributed by atoms with van der Waals surface area (Å²) in [5, 5.41) is 11.1. The summed E-state index contributed by atoms with van der Waals surface area (Å²) >= 11 is 1.58. The lowest BCUT2D eigenvalue weighted by Gasteiger charge is -2.19. The Hall–Kier alpha value is -1.70. The molecule has 0 radical (unpaired) electrons. The normalized spacial score (nSPS) is 9.56. The minimum absolute atomic E-state index is 0.381. The minimum Gasteiger partial charge on any atom is -0.480 e. The predicted molar refractivity (Wildman–Crippen MR) is 69.3 cm³/mol. The van der Waals surface area contributed by atoms with Crippen LogP contribution in [0.1, 0.15) is 0 Å². The van der Waals surface area contributed by atoms with Gasteiger partial charge >= 0.3 is 12.0 Å².